The molecule has 0 aromatic carbocycles. The number of nitrogens with one attached hydrogen (secondary N) is 1. The molecular formula is C53H101NO12S. The second kappa shape index (κ2) is 43.3. The predicted molar refractivity (Wildman–Crippen MR) is 270 cm³/mol. The lowest BCUT2D eigenvalue weighted by Crippen LogP contribution is -2.61. The third kappa shape index (κ3) is 35.3. The summed E-state index contributed by atoms with van der Waals surface area (Å²) in [7, 11) is -5.11. The fourth-order valence-corrected chi connectivity index (χ4v) is 9.32. The third-order valence-corrected chi connectivity index (χ3v) is 13.6. The van der Waals surface area contributed by atoms with E-state index in [2.05, 4.69) is 47.7 Å². The molecule has 0 spiro atoms. The van der Waals surface area contributed by atoms with Gasteiger partial charge in [0.15, 0.2) is 6.29 Å². The van der Waals surface area contributed by atoms with Gasteiger partial charge in [0, 0.05) is 0 Å². The van der Waals surface area contributed by atoms with Crippen molar-refractivity contribution < 1.29 is 57.0 Å². The van der Waals surface area contributed by atoms with Gasteiger partial charge in [-0.3, -0.25) is 9.35 Å². The Bertz CT molecular complexity index is 1300. The molecule has 1 heterocycles. The molecular weight excluding hydrogens is 875 g/mol. The van der Waals surface area contributed by atoms with Crippen LogP contribution in [0, 0.1) is 0 Å². The van der Waals surface area contributed by atoms with E-state index in [1.54, 1.807) is 0 Å². The maximum absolute atomic E-state index is 13.2. The highest BCUT2D eigenvalue weighted by Crippen LogP contribution is 2.26. The molecule has 14 heteroatoms. The number of rotatable bonds is 47. The standard InChI is InChI=1S/C53H101NO12S/c1-3-5-7-9-11-13-15-17-19-21-23-24-26-27-29-31-33-35-37-39-41-46(56)45(44-64-53-50(59)51(66-67(61,62)63)49(58)48(43-55)65-53)54-52(60)47(57)42-40-38-36-34-32-30-28-25-22-20-18-16-14-12-10-8-6-4-2/h12,14,16,18,45-51,53,55-59H,3-11,13,15,17,19-44H2,1-2H3,(H,54,60)(H,61,62,63)/b14-12-,18-16-. The van der Waals surface area contributed by atoms with Gasteiger partial charge in [0.25, 0.3) is 0 Å². The summed E-state index contributed by atoms with van der Waals surface area (Å²) < 4.78 is 47.8. The van der Waals surface area contributed by atoms with Crippen LogP contribution in [0.15, 0.2) is 24.3 Å². The molecule has 0 bridgehead atoms. The highest BCUT2D eigenvalue weighted by Gasteiger charge is 2.48. The summed E-state index contributed by atoms with van der Waals surface area (Å²) in [5, 5.41) is 55.6. The second-order valence-corrected chi connectivity index (χ2v) is 20.4. The van der Waals surface area contributed by atoms with Crippen molar-refractivity contribution >= 4 is 16.3 Å². The zero-order chi connectivity index (χ0) is 49.2. The largest absolute Gasteiger partial charge is 0.397 e. The maximum Gasteiger partial charge on any atom is 0.397 e. The summed E-state index contributed by atoms with van der Waals surface area (Å²) in [6, 6.07) is -1.04. The van der Waals surface area contributed by atoms with Gasteiger partial charge in [-0.05, 0) is 38.5 Å². The number of unbranched alkanes of at least 4 members (excludes halogenated alkanes) is 31. The van der Waals surface area contributed by atoms with E-state index in [1.807, 2.05) is 0 Å². The smallest absolute Gasteiger partial charge is 0.394 e. The maximum atomic E-state index is 13.2. The second-order valence-electron chi connectivity index (χ2n) is 19.3. The van der Waals surface area contributed by atoms with Crippen LogP contribution in [0.25, 0.3) is 0 Å². The number of carbonyl (C=O) groups excluding carboxylic acids is 1. The lowest BCUT2D eigenvalue weighted by molar-refractivity contribution is -0.298. The lowest BCUT2D eigenvalue weighted by atomic mass is 9.99. The molecule has 1 amide bonds. The van der Waals surface area contributed by atoms with Crippen LogP contribution in [0.2, 0.25) is 0 Å². The number of hydrogen-bond donors (Lipinski definition) is 7. The van der Waals surface area contributed by atoms with Crippen LogP contribution in [0.5, 0.6) is 0 Å². The Morgan fingerprint density at radius 2 is 0.985 bits per heavy atom. The van der Waals surface area contributed by atoms with Crippen LogP contribution in [0.3, 0.4) is 0 Å². The van der Waals surface area contributed by atoms with Gasteiger partial charge in [0.05, 0.1) is 25.4 Å². The summed E-state index contributed by atoms with van der Waals surface area (Å²) in [5.41, 5.74) is 0. The molecule has 0 saturated carbocycles. The van der Waals surface area contributed by atoms with E-state index in [4.69, 9.17) is 9.47 Å². The molecule has 7 N–H and O–H groups in total. The highest BCUT2D eigenvalue weighted by molar-refractivity contribution is 7.80. The molecule has 8 unspecified atom stereocenters. The summed E-state index contributed by atoms with van der Waals surface area (Å²) in [4.78, 5) is 13.2. The van der Waals surface area contributed by atoms with Gasteiger partial charge in [-0.25, -0.2) is 4.18 Å². The van der Waals surface area contributed by atoms with E-state index in [1.165, 1.54) is 154 Å². The normalized spacial score (nSPS) is 20.5. The molecule has 1 rings (SSSR count). The van der Waals surface area contributed by atoms with Gasteiger partial charge in [-0.2, -0.15) is 8.42 Å². The first-order valence-corrected chi connectivity index (χ1v) is 28.7. The quantitative estimate of drug-likeness (QED) is 0.0172. The molecule has 0 aliphatic carbocycles. The first-order chi connectivity index (χ1) is 32.4. The van der Waals surface area contributed by atoms with Gasteiger partial charge < -0.3 is 40.3 Å². The molecule has 0 radical (unpaired) electrons. The van der Waals surface area contributed by atoms with Crippen LogP contribution in [0.4, 0.5) is 0 Å². The molecule has 396 valence electrons. The van der Waals surface area contributed by atoms with Crippen molar-refractivity contribution in [3.8, 4) is 0 Å². The van der Waals surface area contributed by atoms with E-state index < -0.39 is 78.5 Å². The Balaban J connectivity index is 2.45. The van der Waals surface area contributed by atoms with Crippen LogP contribution in [-0.2, 0) is 28.9 Å². The van der Waals surface area contributed by atoms with Crippen LogP contribution < -0.4 is 5.32 Å². The van der Waals surface area contributed by atoms with Crippen LogP contribution >= 0.6 is 0 Å². The monoisotopic (exact) mass is 976 g/mol. The fourth-order valence-electron chi connectivity index (χ4n) is 8.81. The Kier molecular flexibility index (Phi) is 41.1. The van der Waals surface area contributed by atoms with Crippen LogP contribution in [0.1, 0.15) is 245 Å². The summed E-state index contributed by atoms with van der Waals surface area (Å²) in [5.74, 6) is -0.671. The van der Waals surface area contributed by atoms with E-state index in [0.717, 1.165) is 51.4 Å². The van der Waals surface area contributed by atoms with Crippen molar-refractivity contribution in [2.45, 2.75) is 294 Å². The fraction of sp³-hybridized carbons (Fsp3) is 0.906. The van der Waals surface area contributed by atoms with Gasteiger partial charge in [0.2, 0.25) is 5.91 Å². The Labute approximate surface area is 408 Å². The minimum atomic E-state index is -5.11. The lowest BCUT2D eigenvalue weighted by Gasteiger charge is -2.41. The SMILES string of the molecule is CCCCC/C=C\C=C/CCCCCCCCCCCC(O)C(=O)NC(COC1OC(CO)C(O)C(OS(=O)(=O)O)C1O)C(O)CCCCCCCCCCCCCCCCCCCCCC. The van der Waals surface area contributed by atoms with Crippen LogP contribution in [-0.4, -0.2) is 107 Å². The van der Waals surface area contributed by atoms with Gasteiger partial charge in [-0.15, -0.1) is 0 Å². The Morgan fingerprint density at radius 3 is 1.42 bits per heavy atom. The Hall–Kier alpha value is -1.46. The van der Waals surface area contributed by atoms with Crippen molar-refractivity contribution in [1.82, 2.24) is 5.32 Å². The van der Waals surface area contributed by atoms with Crippen molar-refractivity contribution in [2.75, 3.05) is 13.2 Å². The van der Waals surface area contributed by atoms with Gasteiger partial charge in [-0.1, -0.05) is 231 Å². The third-order valence-electron chi connectivity index (χ3n) is 13.1. The zero-order valence-corrected chi connectivity index (χ0v) is 43.2. The molecule has 67 heavy (non-hydrogen) atoms. The average Bonchev–Trinajstić information content (AvgIpc) is 3.30. The van der Waals surface area contributed by atoms with E-state index in [-0.39, 0.29) is 6.42 Å². The van der Waals surface area contributed by atoms with Crippen molar-refractivity contribution in [3.05, 3.63) is 24.3 Å². The topological polar surface area (TPSA) is 212 Å². The van der Waals surface area contributed by atoms with Crippen molar-refractivity contribution in [1.29, 1.82) is 0 Å². The number of ether oxygens (including phenoxy) is 2. The highest BCUT2D eigenvalue weighted by atomic mass is 32.3. The van der Waals surface area contributed by atoms with Crippen molar-refractivity contribution in [2.24, 2.45) is 0 Å². The Morgan fingerprint density at radius 1 is 0.597 bits per heavy atom. The molecule has 0 aromatic rings. The molecule has 1 fully saturated rings. The molecule has 1 saturated heterocycles. The van der Waals surface area contributed by atoms with E-state index in [0.29, 0.717) is 19.3 Å². The molecule has 0 aromatic heterocycles. The molecule has 8 atom stereocenters. The predicted octanol–water partition coefficient (Wildman–Crippen LogP) is 11.0. The van der Waals surface area contributed by atoms with Crippen molar-refractivity contribution in [3.63, 3.8) is 0 Å². The van der Waals surface area contributed by atoms with Gasteiger partial charge in [0.1, 0.15) is 30.5 Å². The minimum absolute atomic E-state index is 0.255. The number of hydrogen-bond acceptors (Lipinski definition) is 11. The zero-order valence-electron chi connectivity index (χ0n) is 42.3. The summed E-state index contributed by atoms with van der Waals surface area (Å²) in [6.07, 6.45) is 39.2. The molecule has 13 nitrogen and oxygen atoms in total. The first-order valence-electron chi connectivity index (χ1n) is 27.3. The number of allylic oxidation sites excluding steroid dienone is 4. The molecule has 1 aliphatic heterocycles. The van der Waals surface area contributed by atoms with E-state index in [9.17, 15) is 43.3 Å². The number of amides is 1. The molecule has 1 aliphatic rings. The van der Waals surface area contributed by atoms with Gasteiger partial charge >= 0.3 is 10.4 Å². The number of carbonyl (C=O) groups is 1. The van der Waals surface area contributed by atoms with E-state index >= 15 is 0 Å². The summed E-state index contributed by atoms with van der Waals surface area (Å²) >= 11 is 0. The summed E-state index contributed by atoms with van der Waals surface area (Å²) in [6.45, 7) is 3.28. The number of aliphatic hydroxyl groups is 5. The first kappa shape index (κ1) is 63.6. The minimum Gasteiger partial charge on any atom is -0.394 e. The average molecular weight is 976 g/mol. The number of aliphatic hydroxyl groups excluding tert-OH is 5.